The number of nitrogens with zero attached hydrogens (tertiary/aromatic N) is 4. The minimum atomic E-state index is -1.61. The van der Waals surface area contributed by atoms with Gasteiger partial charge in [0, 0.05) is 76.7 Å². The number of aryl methyl sites for hydroxylation is 1. The molecule has 1 aromatic heterocycles. The second-order valence-electron chi connectivity index (χ2n) is 27.6. The molecule has 2 fully saturated rings. The lowest BCUT2D eigenvalue weighted by atomic mass is 9.89. The number of primary amides is 1. The summed E-state index contributed by atoms with van der Waals surface area (Å²) in [6.07, 6.45) is 2.92. The first kappa shape index (κ1) is 83.6. The van der Waals surface area contributed by atoms with E-state index in [0.717, 1.165) is 16.1 Å². The molecule has 568 valence electrons. The Kier molecular flexibility index (Phi) is 32.6. The van der Waals surface area contributed by atoms with Crippen LogP contribution in [0.5, 0.6) is 0 Å². The van der Waals surface area contributed by atoms with Gasteiger partial charge in [-0.15, -0.1) is 11.3 Å². The number of nitrogens with two attached hydrogens (primary N) is 1. The van der Waals surface area contributed by atoms with E-state index in [1.807, 2.05) is 49.6 Å². The van der Waals surface area contributed by atoms with Gasteiger partial charge >= 0.3 is 12.1 Å². The molecule has 2 aliphatic rings. The van der Waals surface area contributed by atoms with Gasteiger partial charge < -0.3 is 77.0 Å². The first-order chi connectivity index (χ1) is 49.4. The van der Waals surface area contributed by atoms with Crippen LogP contribution in [-0.4, -0.2) is 193 Å². The van der Waals surface area contributed by atoms with Gasteiger partial charge in [0.2, 0.25) is 59.1 Å². The predicted octanol–water partition coefficient (Wildman–Crippen LogP) is 5.67. The maximum atomic E-state index is 14.8. The fourth-order valence-electron chi connectivity index (χ4n) is 12.5. The molecule has 2 saturated heterocycles. The number of urea groups is 1. The highest BCUT2D eigenvalue weighted by Crippen LogP contribution is 2.31. The molecule has 6 rings (SSSR count). The van der Waals surface area contributed by atoms with Crippen LogP contribution in [0.15, 0.2) is 90.4 Å². The monoisotopic (exact) mass is 1460 g/mol. The highest BCUT2D eigenvalue weighted by atomic mass is 32.1. The third kappa shape index (κ3) is 24.9. The number of methoxy groups -OCH3 is 2. The largest absolute Gasteiger partial charge is 0.445 e. The average Bonchev–Trinajstić information content (AvgIpc) is 1.42. The van der Waals surface area contributed by atoms with E-state index in [2.05, 4.69) is 47.5 Å². The van der Waals surface area contributed by atoms with Crippen LogP contribution in [0.2, 0.25) is 0 Å². The van der Waals surface area contributed by atoms with Gasteiger partial charge in [-0.1, -0.05) is 109 Å². The van der Waals surface area contributed by atoms with E-state index in [1.165, 1.54) is 54.2 Å². The van der Waals surface area contributed by atoms with Crippen LogP contribution in [0.3, 0.4) is 0 Å². The van der Waals surface area contributed by atoms with Crippen molar-refractivity contribution in [3.63, 3.8) is 0 Å². The quantitative estimate of drug-likeness (QED) is 0.0191. The Hall–Kier alpha value is -9.39. The van der Waals surface area contributed by atoms with Gasteiger partial charge in [0.25, 0.3) is 0 Å². The molecule has 0 bridgehead atoms. The number of anilines is 2. The van der Waals surface area contributed by atoms with E-state index in [1.54, 1.807) is 96.3 Å². The molecule has 30 heteroatoms. The number of rotatable bonds is 40. The van der Waals surface area contributed by atoms with Crippen LogP contribution in [0.25, 0.3) is 0 Å². The highest BCUT2D eigenvalue weighted by Gasteiger charge is 2.44. The van der Waals surface area contributed by atoms with Crippen LogP contribution in [0.1, 0.15) is 141 Å². The molecule has 13 amide bonds. The van der Waals surface area contributed by atoms with Gasteiger partial charge in [-0.05, 0) is 111 Å². The number of benzene rings is 3. The lowest BCUT2D eigenvalue weighted by molar-refractivity contribution is -0.152. The number of hydrogen-bond donors (Lipinski definition) is 9. The number of ether oxygens (including phenoxy) is 4. The number of likely N-dealkylation sites (tertiary alicyclic amines) is 2. The van der Waals surface area contributed by atoms with E-state index < -0.39 is 126 Å². The zero-order chi connectivity index (χ0) is 76.4. The summed E-state index contributed by atoms with van der Waals surface area (Å²) in [5, 5.41) is 24.5. The number of carbonyl (C=O) groups is 12. The fraction of sp³-hybridized carbons (Fsp3) is 0.554. The van der Waals surface area contributed by atoms with Crippen LogP contribution in [-0.2, 0) is 86.3 Å². The molecule has 0 spiro atoms. The summed E-state index contributed by atoms with van der Waals surface area (Å²) < 4.78 is 23.0. The van der Waals surface area contributed by atoms with E-state index in [0.29, 0.717) is 68.6 Å². The van der Waals surface area contributed by atoms with Gasteiger partial charge in [0.1, 0.15) is 48.5 Å². The summed E-state index contributed by atoms with van der Waals surface area (Å²) in [4.78, 5) is 169. The molecule has 4 aromatic rings. The van der Waals surface area contributed by atoms with Gasteiger partial charge in [-0.2, -0.15) is 0 Å². The summed E-state index contributed by atoms with van der Waals surface area (Å²) in [6, 6.07) is 17.3. The summed E-state index contributed by atoms with van der Waals surface area (Å²) in [6.45, 7) is 15.2. The molecular formula is C74H105N13O16S. The first-order valence-electron chi connectivity index (χ1n) is 35.4. The molecule has 3 heterocycles. The lowest BCUT2D eigenvalue weighted by Crippen LogP contribution is -2.62. The zero-order valence-corrected chi connectivity index (χ0v) is 62.5. The highest BCUT2D eigenvalue weighted by molar-refractivity contribution is 7.09. The number of alkyl carbamates (subject to hydrolysis) is 1. The SMILES string of the molecule is CC[C@H](C)[C@@H]([C@@H](CC(=O)N1CCC[C@H]1[C@H](OC)[C@@H](C)C(=O)N[C@@H](Cc1ccccc1)c1nccs1)OC)N(C)C(=O)[C@@H](NC(=O)C(C)(C)NC(=O)OCc1ccc(NC(=O)[C@H](CCCNC(N)=O)NC(=O)[C@@H](NC(=O)COCC(=O)Nc2ccc(CCC(=O)N3CCC3=O)cc2)C(C)C)cc1)C(C)C. The van der Waals surface area contributed by atoms with E-state index >= 15 is 0 Å². The number of carbonyl (C=O) groups excluding carboxylic acids is 12. The third-order valence-electron chi connectivity index (χ3n) is 18.8. The molecule has 29 nitrogen and oxygen atoms in total. The van der Waals surface area contributed by atoms with E-state index in [4.69, 9.17) is 24.7 Å². The van der Waals surface area contributed by atoms with Gasteiger partial charge in [-0.3, -0.25) is 52.8 Å². The topological polar surface area (TPSA) is 387 Å². The maximum Gasteiger partial charge on any atom is 0.408 e. The third-order valence-corrected chi connectivity index (χ3v) is 19.6. The molecule has 2 aliphatic heterocycles. The Morgan fingerprint density at radius 1 is 0.740 bits per heavy atom. The first-order valence-corrected chi connectivity index (χ1v) is 36.3. The molecule has 0 saturated carbocycles. The Morgan fingerprint density at radius 2 is 1.39 bits per heavy atom. The molecule has 0 radical (unpaired) electrons. The molecule has 10 atom stereocenters. The second-order valence-corrected chi connectivity index (χ2v) is 28.6. The van der Waals surface area contributed by atoms with Crippen molar-refractivity contribution in [1.82, 2.24) is 51.6 Å². The van der Waals surface area contributed by atoms with Crippen LogP contribution >= 0.6 is 11.3 Å². The normalized spacial score (nSPS) is 16.2. The van der Waals surface area contributed by atoms with Crippen LogP contribution in [0, 0.1) is 23.7 Å². The van der Waals surface area contributed by atoms with Crippen molar-refractivity contribution in [2.75, 3.05) is 64.7 Å². The van der Waals surface area contributed by atoms with Gasteiger partial charge in [-0.25, -0.2) is 14.6 Å². The van der Waals surface area contributed by atoms with E-state index in [9.17, 15) is 57.5 Å². The van der Waals surface area contributed by atoms with Crippen LogP contribution < -0.4 is 48.3 Å². The zero-order valence-electron chi connectivity index (χ0n) is 61.7. The Morgan fingerprint density at radius 3 is 1.98 bits per heavy atom. The minimum Gasteiger partial charge on any atom is -0.445 e. The average molecular weight is 1460 g/mol. The lowest BCUT2D eigenvalue weighted by Gasteiger charge is -2.41. The molecule has 104 heavy (non-hydrogen) atoms. The van der Waals surface area contributed by atoms with Gasteiger partial charge in [0.15, 0.2) is 0 Å². The standard InChI is InChI=1S/C74H105N13O16S/c1-13-46(6)64(56(100-11)40-61(92)86-36-18-22-55(86)65(101-12)47(7)66(93)81-54(69-76-35-38-104-69)39-49-19-15-14-16-20-49)85(10)70(96)63(45(4)5)83-71(97)74(8,9)84-73(99)103-41-50-25-30-52(31-26-50)79-67(94)53(21-17-34-77-72(75)98)80-68(95)62(44(2)3)82-58(89)43-102-42-57(88)78-51-28-23-48(24-29-51)27-32-59(90)87-37-33-60(87)91/h14-16,19-20,23-26,28-31,35,38,44-47,53-56,62-65H,13,17-18,21-22,27,32-34,36-37,39-43H2,1-12H3,(H,78,88)(H,79,94)(H,80,95)(H,81,93)(H,82,89)(H,83,97)(H,84,99)(H3,75,77,98)/t46-,47+,53-,54-,55-,56+,62-,63-,64-,65+/m0/s1. The molecule has 10 N–H and O–H groups in total. The van der Waals surface area contributed by atoms with Crippen molar-refractivity contribution in [2.24, 2.45) is 29.4 Å². The predicted molar refractivity (Wildman–Crippen MR) is 390 cm³/mol. The molecule has 0 aliphatic carbocycles. The van der Waals surface area contributed by atoms with Crippen molar-refractivity contribution >= 4 is 93.9 Å². The number of nitrogens with one attached hydrogen (secondary N) is 8. The summed E-state index contributed by atoms with van der Waals surface area (Å²) in [7, 11) is 4.68. The smallest absolute Gasteiger partial charge is 0.408 e. The summed E-state index contributed by atoms with van der Waals surface area (Å²) in [5.74, 6) is -6.34. The van der Waals surface area contributed by atoms with Crippen molar-refractivity contribution in [2.45, 2.75) is 187 Å². The van der Waals surface area contributed by atoms with Crippen molar-refractivity contribution < 1.29 is 76.5 Å². The number of thiazole rings is 1. The summed E-state index contributed by atoms with van der Waals surface area (Å²) in [5.41, 5.74) is 6.75. The van der Waals surface area contributed by atoms with Crippen LogP contribution in [0.4, 0.5) is 21.0 Å². The van der Waals surface area contributed by atoms with Crippen molar-refractivity contribution in [3.05, 3.63) is 112 Å². The minimum absolute atomic E-state index is 0.0329. The van der Waals surface area contributed by atoms with Gasteiger partial charge in [0.05, 0.1) is 42.7 Å². The number of imide groups is 1. The molecule has 0 unspecified atom stereocenters. The number of hydrogen-bond acceptors (Lipinski definition) is 18. The number of amides is 13. The van der Waals surface area contributed by atoms with Crippen molar-refractivity contribution in [3.8, 4) is 0 Å². The Labute approximate surface area is 612 Å². The van der Waals surface area contributed by atoms with E-state index in [-0.39, 0.29) is 74.4 Å². The number of aromatic nitrogens is 1. The summed E-state index contributed by atoms with van der Waals surface area (Å²) >= 11 is 1.46. The Bertz CT molecular complexity index is 3550. The molecular weight excluding hydrogens is 1360 g/mol. The maximum absolute atomic E-state index is 14.8. The Balaban J connectivity index is 0.983. The fourth-order valence-corrected chi connectivity index (χ4v) is 13.2. The molecule has 3 aromatic carbocycles. The number of β-lactam (4-membered cyclic amide) rings is 1. The number of likely N-dealkylation sites (N-methyl/N-ethyl adjacent to an activating group) is 1. The van der Waals surface area contributed by atoms with Crippen molar-refractivity contribution in [1.29, 1.82) is 0 Å². The second kappa shape index (κ2) is 40.6.